The van der Waals surface area contributed by atoms with Crippen LogP contribution in [0.15, 0.2) is 30.5 Å². The largest absolute Gasteiger partial charge is 0.465 e. The van der Waals surface area contributed by atoms with Gasteiger partial charge >= 0.3 is 5.97 Å². The Balaban J connectivity index is 2.71. The van der Waals surface area contributed by atoms with Gasteiger partial charge in [0, 0.05) is 19.3 Å². The fourth-order valence-electron chi connectivity index (χ4n) is 1.16. The normalized spacial score (nSPS) is 10.4. The van der Waals surface area contributed by atoms with Gasteiger partial charge in [-0.3, -0.25) is 0 Å². The topological polar surface area (TPSA) is 77.2 Å². The van der Waals surface area contributed by atoms with Gasteiger partial charge in [-0.25, -0.2) is 9.78 Å². The van der Waals surface area contributed by atoms with E-state index in [4.69, 9.17) is 5.73 Å². The van der Waals surface area contributed by atoms with Gasteiger partial charge in [0.05, 0.1) is 7.11 Å². The van der Waals surface area contributed by atoms with E-state index in [-0.39, 0.29) is 0 Å². The van der Waals surface area contributed by atoms with Crippen molar-refractivity contribution in [2.24, 2.45) is 5.73 Å². The standard InChI is InChI=1S/C11H15N3O2/c1-16-11(15)9-5-4-8-14-10(9)13-7-3-2-6-12/h2-5,8H,6-7,12H2,1H3,(H,13,14)/b3-2+. The van der Waals surface area contributed by atoms with Gasteiger partial charge in [-0.05, 0) is 12.1 Å². The van der Waals surface area contributed by atoms with Crippen LogP contribution < -0.4 is 11.1 Å². The summed E-state index contributed by atoms with van der Waals surface area (Å²) in [4.78, 5) is 15.5. The molecule has 0 aliphatic carbocycles. The quantitative estimate of drug-likeness (QED) is 0.568. The maximum Gasteiger partial charge on any atom is 0.341 e. The molecular weight excluding hydrogens is 206 g/mol. The van der Waals surface area contributed by atoms with Crippen molar-refractivity contribution in [1.82, 2.24) is 4.98 Å². The molecule has 0 unspecified atom stereocenters. The second-order valence-electron chi connectivity index (χ2n) is 2.98. The van der Waals surface area contributed by atoms with Gasteiger partial charge in [-0.15, -0.1) is 0 Å². The third-order valence-electron chi connectivity index (χ3n) is 1.90. The Kier molecular flexibility index (Phi) is 5.01. The summed E-state index contributed by atoms with van der Waals surface area (Å²) in [6.07, 6.45) is 5.31. The first-order chi connectivity index (χ1) is 7.79. The molecule has 1 rings (SSSR count). The fourth-order valence-corrected chi connectivity index (χ4v) is 1.16. The average molecular weight is 221 g/mol. The van der Waals surface area contributed by atoms with E-state index in [1.807, 2.05) is 12.2 Å². The van der Waals surface area contributed by atoms with E-state index in [1.165, 1.54) is 7.11 Å². The SMILES string of the molecule is COC(=O)c1cccnc1NC/C=C/CN. The number of rotatable bonds is 5. The Bertz CT molecular complexity index is 377. The van der Waals surface area contributed by atoms with Crippen molar-refractivity contribution >= 4 is 11.8 Å². The molecule has 1 heterocycles. The molecule has 0 bridgehead atoms. The molecule has 86 valence electrons. The highest BCUT2D eigenvalue weighted by Gasteiger charge is 2.10. The second-order valence-corrected chi connectivity index (χ2v) is 2.98. The Labute approximate surface area is 94.3 Å². The molecule has 0 saturated heterocycles. The van der Waals surface area contributed by atoms with Crippen LogP contribution in [0, 0.1) is 0 Å². The first kappa shape index (κ1) is 12.2. The number of esters is 1. The van der Waals surface area contributed by atoms with E-state index in [2.05, 4.69) is 15.0 Å². The van der Waals surface area contributed by atoms with Gasteiger partial charge in [0.1, 0.15) is 11.4 Å². The molecule has 0 aromatic carbocycles. The number of hydrogen-bond donors (Lipinski definition) is 2. The van der Waals surface area contributed by atoms with Crippen molar-refractivity contribution in [3.63, 3.8) is 0 Å². The van der Waals surface area contributed by atoms with Crippen LogP contribution in [0.3, 0.4) is 0 Å². The summed E-state index contributed by atoms with van der Waals surface area (Å²) in [7, 11) is 1.34. The number of nitrogens with one attached hydrogen (secondary N) is 1. The Morgan fingerprint density at radius 2 is 2.44 bits per heavy atom. The monoisotopic (exact) mass is 221 g/mol. The second kappa shape index (κ2) is 6.58. The molecule has 0 atom stereocenters. The Morgan fingerprint density at radius 3 is 3.12 bits per heavy atom. The molecule has 1 aromatic heterocycles. The first-order valence-electron chi connectivity index (χ1n) is 4.92. The number of carbonyl (C=O) groups is 1. The lowest BCUT2D eigenvalue weighted by Gasteiger charge is -2.07. The molecular formula is C11H15N3O2. The fraction of sp³-hybridized carbons (Fsp3) is 0.273. The van der Waals surface area contributed by atoms with E-state index in [0.29, 0.717) is 24.5 Å². The number of nitrogens with two attached hydrogens (primary N) is 1. The zero-order valence-electron chi connectivity index (χ0n) is 9.14. The highest BCUT2D eigenvalue weighted by molar-refractivity contribution is 5.94. The van der Waals surface area contributed by atoms with Crippen LogP contribution in [0.5, 0.6) is 0 Å². The van der Waals surface area contributed by atoms with Crippen molar-refractivity contribution < 1.29 is 9.53 Å². The van der Waals surface area contributed by atoms with Crippen LogP contribution in [-0.2, 0) is 4.74 Å². The first-order valence-corrected chi connectivity index (χ1v) is 4.92. The van der Waals surface area contributed by atoms with Gasteiger partial charge in [-0.1, -0.05) is 12.2 Å². The molecule has 0 spiro atoms. The number of carbonyl (C=O) groups excluding carboxylic acids is 1. The molecule has 0 saturated carbocycles. The summed E-state index contributed by atoms with van der Waals surface area (Å²) in [6, 6.07) is 3.35. The minimum Gasteiger partial charge on any atom is -0.465 e. The minimum atomic E-state index is -0.404. The third kappa shape index (κ3) is 3.36. The van der Waals surface area contributed by atoms with Crippen LogP contribution in [-0.4, -0.2) is 31.2 Å². The predicted molar refractivity (Wildman–Crippen MR) is 62.3 cm³/mol. The van der Waals surface area contributed by atoms with E-state index < -0.39 is 5.97 Å². The number of anilines is 1. The summed E-state index contributed by atoms with van der Waals surface area (Å²) in [5, 5.41) is 3.01. The summed E-state index contributed by atoms with van der Waals surface area (Å²) < 4.78 is 4.65. The number of aromatic nitrogens is 1. The molecule has 5 heteroatoms. The van der Waals surface area contributed by atoms with Crippen molar-refractivity contribution in [1.29, 1.82) is 0 Å². The lowest BCUT2D eigenvalue weighted by Crippen LogP contribution is -2.10. The summed E-state index contributed by atoms with van der Waals surface area (Å²) >= 11 is 0. The highest BCUT2D eigenvalue weighted by atomic mass is 16.5. The number of hydrogen-bond acceptors (Lipinski definition) is 5. The molecule has 0 aliphatic rings. The molecule has 0 fully saturated rings. The molecule has 0 radical (unpaired) electrons. The number of methoxy groups -OCH3 is 1. The van der Waals surface area contributed by atoms with Gasteiger partial charge in [-0.2, -0.15) is 0 Å². The van der Waals surface area contributed by atoms with Crippen LogP contribution in [0.2, 0.25) is 0 Å². The molecule has 0 amide bonds. The van der Waals surface area contributed by atoms with Crippen molar-refractivity contribution in [2.75, 3.05) is 25.5 Å². The van der Waals surface area contributed by atoms with Crippen molar-refractivity contribution in [3.05, 3.63) is 36.0 Å². The van der Waals surface area contributed by atoms with Gasteiger partial charge < -0.3 is 15.8 Å². The third-order valence-corrected chi connectivity index (χ3v) is 1.90. The van der Waals surface area contributed by atoms with Crippen molar-refractivity contribution in [3.8, 4) is 0 Å². The van der Waals surface area contributed by atoms with Gasteiger partial charge in [0.25, 0.3) is 0 Å². The molecule has 3 N–H and O–H groups in total. The maximum atomic E-state index is 11.4. The number of pyridine rings is 1. The number of ether oxygens (including phenoxy) is 1. The van der Waals surface area contributed by atoms with Crippen LogP contribution >= 0.6 is 0 Å². The lowest BCUT2D eigenvalue weighted by molar-refractivity contribution is 0.0601. The van der Waals surface area contributed by atoms with E-state index in [0.717, 1.165) is 0 Å². The van der Waals surface area contributed by atoms with Gasteiger partial charge in [0.15, 0.2) is 0 Å². The maximum absolute atomic E-state index is 11.4. The van der Waals surface area contributed by atoms with E-state index >= 15 is 0 Å². The Morgan fingerprint density at radius 1 is 1.62 bits per heavy atom. The van der Waals surface area contributed by atoms with Crippen LogP contribution in [0.1, 0.15) is 10.4 Å². The molecule has 16 heavy (non-hydrogen) atoms. The Hall–Kier alpha value is -1.88. The minimum absolute atomic E-state index is 0.404. The van der Waals surface area contributed by atoms with Crippen molar-refractivity contribution in [2.45, 2.75) is 0 Å². The molecule has 5 nitrogen and oxygen atoms in total. The number of nitrogens with zero attached hydrogens (tertiary/aromatic N) is 1. The molecule has 1 aromatic rings. The van der Waals surface area contributed by atoms with Gasteiger partial charge in [0.2, 0.25) is 0 Å². The van der Waals surface area contributed by atoms with Crippen LogP contribution in [0.4, 0.5) is 5.82 Å². The van der Waals surface area contributed by atoms with E-state index in [1.54, 1.807) is 18.3 Å². The van der Waals surface area contributed by atoms with E-state index in [9.17, 15) is 4.79 Å². The lowest BCUT2D eigenvalue weighted by atomic mass is 10.2. The summed E-state index contributed by atoms with van der Waals surface area (Å²) in [5.74, 6) is 0.106. The summed E-state index contributed by atoms with van der Waals surface area (Å²) in [6.45, 7) is 1.06. The zero-order chi connectivity index (χ0) is 11.8. The summed E-state index contributed by atoms with van der Waals surface area (Å²) in [5.41, 5.74) is 5.73. The average Bonchev–Trinajstić information content (AvgIpc) is 2.34. The molecule has 0 aliphatic heterocycles. The van der Waals surface area contributed by atoms with Crippen LogP contribution in [0.25, 0.3) is 0 Å². The smallest absolute Gasteiger partial charge is 0.341 e. The predicted octanol–water partition coefficient (Wildman–Crippen LogP) is 0.795. The highest BCUT2D eigenvalue weighted by Crippen LogP contribution is 2.11. The zero-order valence-corrected chi connectivity index (χ0v) is 9.14.